The molecular weight excluding hydrogens is 270 g/mol. The van der Waals surface area contributed by atoms with Crippen LogP contribution in [0.15, 0.2) is 28.7 Å². The van der Waals surface area contributed by atoms with Crippen LogP contribution in [-0.4, -0.2) is 22.8 Å². The van der Waals surface area contributed by atoms with Gasteiger partial charge in [0.2, 0.25) is 5.89 Å². The molecule has 1 fully saturated rings. The van der Waals surface area contributed by atoms with E-state index in [0.29, 0.717) is 11.6 Å². The summed E-state index contributed by atoms with van der Waals surface area (Å²) in [5.41, 5.74) is 1.78. The average Bonchev–Trinajstić information content (AvgIpc) is 3.08. The molecule has 1 aromatic heterocycles. The Kier molecular flexibility index (Phi) is 3.83. The number of anilines is 2. The van der Waals surface area contributed by atoms with Crippen molar-refractivity contribution in [2.45, 2.75) is 25.8 Å². The first-order valence-corrected chi connectivity index (χ1v) is 6.92. The smallest absolute Gasteiger partial charge is 0.327 e. The summed E-state index contributed by atoms with van der Waals surface area (Å²) in [6.07, 6.45) is 2.06. The molecule has 7 heteroatoms. The minimum Gasteiger partial charge on any atom is -0.406 e. The molecule has 0 bridgehead atoms. The van der Waals surface area contributed by atoms with Crippen molar-refractivity contribution in [2.75, 3.05) is 17.2 Å². The lowest BCUT2D eigenvalue weighted by molar-refractivity contribution is 0.261. The Hall–Kier alpha value is -2.41. The summed E-state index contributed by atoms with van der Waals surface area (Å²) in [5, 5.41) is 16.3. The molecule has 1 aliphatic heterocycles. The molecule has 1 saturated heterocycles. The highest BCUT2D eigenvalue weighted by Gasteiger charge is 2.22. The number of benzene rings is 1. The Morgan fingerprint density at radius 1 is 1.38 bits per heavy atom. The predicted molar refractivity (Wildman–Crippen MR) is 78.1 cm³/mol. The summed E-state index contributed by atoms with van der Waals surface area (Å²) in [5.74, 6) is 0.512. The highest BCUT2D eigenvalue weighted by molar-refractivity contribution is 5.98. The molecule has 2 heterocycles. The average molecular weight is 287 g/mol. The molecule has 1 unspecified atom stereocenters. The minimum atomic E-state index is -0.407. The number of amides is 2. The van der Waals surface area contributed by atoms with Gasteiger partial charge in [0.05, 0.1) is 6.04 Å². The molecule has 2 aromatic rings. The van der Waals surface area contributed by atoms with Crippen molar-refractivity contribution >= 4 is 17.7 Å². The molecule has 110 valence electrons. The summed E-state index contributed by atoms with van der Waals surface area (Å²) in [7, 11) is 0. The maximum Gasteiger partial charge on any atom is 0.327 e. The molecule has 7 nitrogen and oxygen atoms in total. The van der Waals surface area contributed by atoms with Crippen molar-refractivity contribution in [1.29, 1.82) is 0 Å². The highest BCUT2D eigenvalue weighted by atomic mass is 16.4. The molecule has 2 amide bonds. The van der Waals surface area contributed by atoms with Crippen LogP contribution in [0.1, 0.15) is 30.3 Å². The first-order valence-electron chi connectivity index (χ1n) is 6.92. The second-order valence-corrected chi connectivity index (χ2v) is 5.04. The van der Waals surface area contributed by atoms with E-state index in [1.807, 2.05) is 31.2 Å². The third kappa shape index (κ3) is 3.38. The van der Waals surface area contributed by atoms with Crippen LogP contribution in [0.25, 0.3) is 0 Å². The minimum absolute atomic E-state index is 0.0906. The summed E-state index contributed by atoms with van der Waals surface area (Å²) in [4.78, 5) is 11.9. The molecule has 0 spiro atoms. The van der Waals surface area contributed by atoms with Gasteiger partial charge in [0.15, 0.2) is 0 Å². The number of aryl methyl sites for hydroxylation is 1. The molecule has 21 heavy (non-hydrogen) atoms. The van der Waals surface area contributed by atoms with Gasteiger partial charge >= 0.3 is 12.0 Å². The van der Waals surface area contributed by atoms with E-state index in [9.17, 15) is 4.79 Å². The second-order valence-electron chi connectivity index (χ2n) is 5.04. The molecule has 1 atom stereocenters. The maximum atomic E-state index is 11.9. The predicted octanol–water partition coefficient (Wildman–Crippen LogP) is 2.45. The molecule has 3 N–H and O–H groups in total. The van der Waals surface area contributed by atoms with Gasteiger partial charge in [0.1, 0.15) is 0 Å². The Morgan fingerprint density at radius 3 is 3.05 bits per heavy atom. The van der Waals surface area contributed by atoms with Gasteiger partial charge in [-0.3, -0.25) is 5.32 Å². The highest BCUT2D eigenvalue weighted by Crippen LogP contribution is 2.22. The van der Waals surface area contributed by atoms with Crippen molar-refractivity contribution < 1.29 is 9.21 Å². The first-order chi connectivity index (χ1) is 10.2. The molecule has 0 saturated carbocycles. The zero-order valence-corrected chi connectivity index (χ0v) is 11.7. The van der Waals surface area contributed by atoms with Crippen LogP contribution in [0.2, 0.25) is 0 Å². The summed E-state index contributed by atoms with van der Waals surface area (Å²) < 4.78 is 5.44. The van der Waals surface area contributed by atoms with Crippen molar-refractivity contribution in [1.82, 2.24) is 15.5 Å². The topological polar surface area (TPSA) is 92.1 Å². The van der Waals surface area contributed by atoms with Gasteiger partial charge < -0.3 is 15.1 Å². The van der Waals surface area contributed by atoms with Gasteiger partial charge in [-0.05, 0) is 44.0 Å². The van der Waals surface area contributed by atoms with E-state index in [2.05, 4.69) is 26.1 Å². The fourth-order valence-electron chi connectivity index (χ4n) is 2.30. The third-order valence-electron chi connectivity index (χ3n) is 3.30. The lowest BCUT2D eigenvalue weighted by Crippen LogP contribution is -2.19. The van der Waals surface area contributed by atoms with Gasteiger partial charge in [0.25, 0.3) is 0 Å². The third-order valence-corrected chi connectivity index (χ3v) is 3.30. The monoisotopic (exact) mass is 287 g/mol. The summed E-state index contributed by atoms with van der Waals surface area (Å²) in [6, 6.07) is 7.31. The van der Waals surface area contributed by atoms with E-state index >= 15 is 0 Å². The standard InChI is InChI=1S/C14H17N5O2/c1-9-4-2-5-10(8-9)16-13(20)17-14-19-18-12(21-14)11-6-3-7-15-11/h2,4-5,8,11,15H,3,6-7H2,1H3,(H2,16,17,19,20). The first kappa shape index (κ1) is 13.6. The van der Waals surface area contributed by atoms with E-state index < -0.39 is 6.03 Å². The van der Waals surface area contributed by atoms with E-state index in [1.54, 1.807) is 0 Å². The van der Waals surface area contributed by atoms with Crippen LogP contribution in [-0.2, 0) is 0 Å². The number of nitrogens with zero attached hydrogens (tertiary/aromatic N) is 2. The van der Waals surface area contributed by atoms with E-state index in [-0.39, 0.29) is 12.1 Å². The number of nitrogens with one attached hydrogen (secondary N) is 3. The number of carbonyl (C=O) groups is 1. The van der Waals surface area contributed by atoms with Crippen LogP contribution in [0.4, 0.5) is 16.5 Å². The Labute approximate surface area is 122 Å². The molecule has 0 radical (unpaired) electrons. The number of aromatic nitrogens is 2. The molecule has 1 aliphatic rings. The van der Waals surface area contributed by atoms with Crippen molar-refractivity contribution in [3.05, 3.63) is 35.7 Å². The van der Waals surface area contributed by atoms with Gasteiger partial charge in [-0.1, -0.05) is 17.2 Å². The van der Waals surface area contributed by atoms with Crippen LogP contribution >= 0.6 is 0 Å². The van der Waals surface area contributed by atoms with E-state index in [0.717, 1.165) is 24.9 Å². The lowest BCUT2D eigenvalue weighted by atomic mass is 10.2. The number of rotatable bonds is 3. The normalized spacial score (nSPS) is 17.7. The van der Waals surface area contributed by atoms with Crippen LogP contribution in [0.3, 0.4) is 0 Å². The molecule has 1 aromatic carbocycles. The quantitative estimate of drug-likeness (QED) is 0.806. The Bertz CT molecular complexity index is 634. The number of hydrogen-bond donors (Lipinski definition) is 3. The summed E-state index contributed by atoms with van der Waals surface area (Å²) in [6.45, 7) is 2.91. The number of hydrogen-bond acceptors (Lipinski definition) is 5. The molecular formula is C14H17N5O2. The SMILES string of the molecule is Cc1cccc(NC(=O)Nc2nnc(C3CCCN3)o2)c1. The van der Waals surface area contributed by atoms with E-state index in [4.69, 9.17) is 4.42 Å². The summed E-state index contributed by atoms with van der Waals surface area (Å²) >= 11 is 0. The van der Waals surface area contributed by atoms with Crippen molar-refractivity contribution in [2.24, 2.45) is 0 Å². The van der Waals surface area contributed by atoms with Crippen molar-refractivity contribution in [3.8, 4) is 0 Å². The van der Waals surface area contributed by atoms with Crippen LogP contribution in [0, 0.1) is 6.92 Å². The fourth-order valence-corrected chi connectivity index (χ4v) is 2.30. The van der Waals surface area contributed by atoms with Crippen LogP contribution in [0.5, 0.6) is 0 Å². The molecule has 3 rings (SSSR count). The van der Waals surface area contributed by atoms with Gasteiger partial charge in [0, 0.05) is 5.69 Å². The zero-order chi connectivity index (χ0) is 14.7. The van der Waals surface area contributed by atoms with Gasteiger partial charge in [-0.2, -0.15) is 0 Å². The Morgan fingerprint density at radius 2 is 2.29 bits per heavy atom. The zero-order valence-electron chi connectivity index (χ0n) is 11.7. The van der Waals surface area contributed by atoms with Crippen LogP contribution < -0.4 is 16.0 Å². The maximum absolute atomic E-state index is 11.9. The van der Waals surface area contributed by atoms with Gasteiger partial charge in [-0.15, -0.1) is 5.10 Å². The van der Waals surface area contributed by atoms with Gasteiger partial charge in [-0.25, -0.2) is 4.79 Å². The van der Waals surface area contributed by atoms with Crippen molar-refractivity contribution in [3.63, 3.8) is 0 Å². The second kappa shape index (κ2) is 5.92. The Balaban J connectivity index is 1.59. The number of carbonyl (C=O) groups excluding carboxylic acids is 1. The number of urea groups is 1. The molecule has 0 aliphatic carbocycles. The lowest BCUT2D eigenvalue weighted by Gasteiger charge is -2.05. The van der Waals surface area contributed by atoms with E-state index in [1.165, 1.54) is 0 Å². The fraction of sp³-hybridized carbons (Fsp3) is 0.357. The largest absolute Gasteiger partial charge is 0.406 e.